The number of nitrogens with zero attached hydrogens (tertiary/aromatic N) is 2. The van der Waals surface area contributed by atoms with E-state index in [1.807, 2.05) is 17.9 Å². The standard InChI is InChI=1S/C9H15N3/c1-12-9-3-2-7(5-10)4-8(9)6-11-12/h6-7H,2-5,10H2,1H3/t7-/m0/s1. The van der Waals surface area contributed by atoms with E-state index in [1.54, 1.807) is 0 Å². The highest BCUT2D eigenvalue weighted by atomic mass is 15.3. The minimum atomic E-state index is 0.682. The zero-order valence-corrected chi connectivity index (χ0v) is 7.45. The molecule has 0 radical (unpaired) electrons. The first-order valence-electron chi connectivity index (χ1n) is 4.51. The van der Waals surface area contributed by atoms with Gasteiger partial charge < -0.3 is 5.73 Å². The van der Waals surface area contributed by atoms with Crippen molar-refractivity contribution in [2.45, 2.75) is 19.3 Å². The summed E-state index contributed by atoms with van der Waals surface area (Å²) in [5.74, 6) is 0.682. The first-order chi connectivity index (χ1) is 5.81. The Hall–Kier alpha value is -0.830. The fraction of sp³-hybridized carbons (Fsp3) is 0.667. The molecule has 0 saturated heterocycles. The summed E-state index contributed by atoms with van der Waals surface area (Å²) >= 11 is 0. The lowest BCUT2D eigenvalue weighted by Crippen LogP contribution is -2.22. The lowest BCUT2D eigenvalue weighted by Gasteiger charge is -2.20. The summed E-state index contributed by atoms with van der Waals surface area (Å²) in [4.78, 5) is 0. The van der Waals surface area contributed by atoms with Gasteiger partial charge in [-0.05, 0) is 37.3 Å². The molecule has 2 N–H and O–H groups in total. The van der Waals surface area contributed by atoms with Gasteiger partial charge in [0.2, 0.25) is 0 Å². The van der Waals surface area contributed by atoms with E-state index in [1.165, 1.54) is 17.7 Å². The number of rotatable bonds is 1. The Balaban J connectivity index is 2.24. The summed E-state index contributed by atoms with van der Waals surface area (Å²) in [7, 11) is 2.02. The summed E-state index contributed by atoms with van der Waals surface area (Å²) < 4.78 is 1.99. The Morgan fingerprint density at radius 1 is 1.75 bits per heavy atom. The highest BCUT2D eigenvalue weighted by molar-refractivity contribution is 5.21. The predicted octanol–water partition coefficient (Wildman–Crippen LogP) is 0.484. The first kappa shape index (κ1) is 7.80. The Morgan fingerprint density at radius 3 is 3.33 bits per heavy atom. The molecule has 0 aliphatic heterocycles. The molecule has 0 saturated carbocycles. The van der Waals surface area contributed by atoms with Crippen LogP contribution in [0, 0.1) is 5.92 Å². The van der Waals surface area contributed by atoms with Crippen molar-refractivity contribution in [2.75, 3.05) is 6.54 Å². The van der Waals surface area contributed by atoms with E-state index in [9.17, 15) is 0 Å². The molecule has 0 bridgehead atoms. The van der Waals surface area contributed by atoms with E-state index in [4.69, 9.17) is 5.73 Å². The molecular weight excluding hydrogens is 150 g/mol. The van der Waals surface area contributed by atoms with Crippen molar-refractivity contribution in [3.63, 3.8) is 0 Å². The zero-order valence-electron chi connectivity index (χ0n) is 7.45. The summed E-state index contributed by atoms with van der Waals surface area (Å²) in [5.41, 5.74) is 8.44. The van der Waals surface area contributed by atoms with E-state index >= 15 is 0 Å². The smallest absolute Gasteiger partial charge is 0.0524 e. The molecule has 1 aliphatic carbocycles. The van der Waals surface area contributed by atoms with Gasteiger partial charge in [0.25, 0.3) is 0 Å². The van der Waals surface area contributed by atoms with Gasteiger partial charge in [-0.15, -0.1) is 0 Å². The van der Waals surface area contributed by atoms with Crippen molar-refractivity contribution in [1.29, 1.82) is 0 Å². The number of fused-ring (bicyclic) bond motifs is 1. The maximum Gasteiger partial charge on any atom is 0.0524 e. The van der Waals surface area contributed by atoms with Crippen molar-refractivity contribution in [3.8, 4) is 0 Å². The maximum atomic E-state index is 5.64. The van der Waals surface area contributed by atoms with Gasteiger partial charge >= 0.3 is 0 Å². The number of hydrogen-bond donors (Lipinski definition) is 1. The highest BCUT2D eigenvalue weighted by Gasteiger charge is 2.19. The molecule has 0 spiro atoms. The molecule has 2 rings (SSSR count). The van der Waals surface area contributed by atoms with E-state index in [-0.39, 0.29) is 0 Å². The summed E-state index contributed by atoms with van der Waals surface area (Å²) in [6.45, 7) is 0.814. The Labute approximate surface area is 72.6 Å². The van der Waals surface area contributed by atoms with Crippen LogP contribution in [0.5, 0.6) is 0 Å². The van der Waals surface area contributed by atoms with Crippen molar-refractivity contribution in [2.24, 2.45) is 18.7 Å². The quantitative estimate of drug-likeness (QED) is 0.658. The largest absolute Gasteiger partial charge is 0.330 e. The van der Waals surface area contributed by atoms with E-state index in [0.29, 0.717) is 5.92 Å². The van der Waals surface area contributed by atoms with Crippen LogP contribution in [-0.2, 0) is 19.9 Å². The molecular formula is C9H15N3. The molecule has 66 valence electrons. The van der Waals surface area contributed by atoms with Crippen molar-refractivity contribution < 1.29 is 0 Å². The molecule has 1 aliphatic rings. The normalized spacial score (nSPS) is 22.3. The van der Waals surface area contributed by atoms with Gasteiger partial charge in [0.1, 0.15) is 0 Å². The minimum absolute atomic E-state index is 0.682. The van der Waals surface area contributed by atoms with Gasteiger partial charge in [0.05, 0.1) is 6.20 Å². The van der Waals surface area contributed by atoms with E-state index in [0.717, 1.165) is 19.4 Å². The van der Waals surface area contributed by atoms with Gasteiger partial charge in [-0.1, -0.05) is 0 Å². The molecule has 0 fully saturated rings. The van der Waals surface area contributed by atoms with Crippen LogP contribution in [0.4, 0.5) is 0 Å². The maximum absolute atomic E-state index is 5.64. The number of hydrogen-bond acceptors (Lipinski definition) is 2. The SMILES string of the molecule is Cn1ncc2c1CC[C@H](CN)C2. The number of aromatic nitrogens is 2. The van der Waals surface area contributed by atoms with Gasteiger partial charge in [0, 0.05) is 12.7 Å². The van der Waals surface area contributed by atoms with Gasteiger partial charge in [-0.2, -0.15) is 5.10 Å². The van der Waals surface area contributed by atoms with Crippen molar-refractivity contribution in [3.05, 3.63) is 17.5 Å². The monoisotopic (exact) mass is 165 g/mol. The molecule has 0 unspecified atom stereocenters. The average molecular weight is 165 g/mol. The van der Waals surface area contributed by atoms with Crippen LogP contribution in [-0.4, -0.2) is 16.3 Å². The molecule has 1 aromatic heterocycles. The second-order valence-electron chi connectivity index (χ2n) is 3.58. The fourth-order valence-corrected chi connectivity index (χ4v) is 1.96. The lowest BCUT2D eigenvalue weighted by molar-refractivity contribution is 0.458. The highest BCUT2D eigenvalue weighted by Crippen LogP contribution is 2.23. The van der Waals surface area contributed by atoms with Gasteiger partial charge in [-0.3, -0.25) is 4.68 Å². The molecule has 1 aromatic rings. The van der Waals surface area contributed by atoms with Crippen LogP contribution in [0.25, 0.3) is 0 Å². The van der Waals surface area contributed by atoms with Crippen LogP contribution in [0.2, 0.25) is 0 Å². The molecule has 12 heavy (non-hydrogen) atoms. The summed E-state index contributed by atoms with van der Waals surface area (Å²) in [6.07, 6.45) is 5.48. The topological polar surface area (TPSA) is 43.8 Å². The molecule has 3 nitrogen and oxygen atoms in total. The molecule has 1 heterocycles. The Kier molecular flexibility index (Phi) is 1.89. The second-order valence-corrected chi connectivity index (χ2v) is 3.58. The molecule has 0 amide bonds. The lowest BCUT2D eigenvalue weighted by atomic mass is 9.88. The van der Waals surface area contributed by atoms with Gasteiger partial charge in [-0.25, -0.2) is 0 Å². The third-order valence-electron chi connectivity index (χ3n) is 2.78. The Bertz CT molecular complexity index is 277. The van der Waals surface area contributed by atoms with E-state index in [2.05, 4.69) is 5.10 Å². The van der Waals surface area contributed by atoms with Crippen molar-refractivity contribution in [1.82, 2.24) is 9.78 Å². The third-order valence-corrected chi connectivity index (χ3v) is 2.78. The average Bonchev–Trinajstić information content (AvgIpc) is 2.47. The van der Waals surface area contributed by atoms with Crippen LogP contribution in [0.3, 0.4) is 0 Å². The fourth-order valence-electron chi connectivity index (χ4n) is 1.96. The second kappa shape index (κ2) is 2.90. The Morgan fingerprint density at radius 2 is 2.58 bits per heavy atom. The van der Waals surface area contributed by atoms with Crippen LogP contribution < -0.4 is 5.73 Å². The van der Waals surface area contributed by atoms with Gasteiger partial charge in [0.15, 0.2) is 0 Å². The third kappa shape index (κ3) is 1.14. The zero-order chi connectivity index (χ0) is 8.55. The molecule has 3 heteroatoms. The van der Waals surface area contributed by atoms with Crippen LogP contribution >= 0.6 is 0 Å². The predicted molar refractivity (Wildman–Crippen MR) is 47.8 cm³/mol. The van der Waals surface area contributed by atoms with Crippen LogP contribution in [0.1, 0.15) is 17.7 Å². The molecule has 0 aromatic carbocycles. The van der Waals surface area contributed by atoms with Crippen molar-refractivity contribution >= 4 is 0 Å². The van der Waals surface area contributed by atoms with E-state index < -0.39 is 0 Å². The minimum Gasteiger partial charge on any atom is -0.330 e. The first-order valence-corrected chi connectivity index (χ1v) is 4.51. The number of nitrogens with two attached hydrogens (primary N) is 1. The number of aryl methyl sites for hydroxylation is 1. The van der Waals surface area contributed by atoms with Crippen LogP contribution in [0.15, 0.2) is 6.20 Å². The summed E-state index contributed by atoms with van der Waals surface area (Å²) in [5, 5.41) is 4.24. The summed E-state index contributed by atoms with van der Waals surface area (Å²) in [6, 6.07) is 0. The molecule has 1 atom stereocenters.